The van der Waals surface area contributed by atoms with Gasteiger partial charge < -0.3 is 5.32 Å². The average molecular weight is 339 g/mol. The Kier molecular flexibility index (Phi) is 6.53. The minimum atomic E-state index is 0.637. The van der Waals surface area contributed by atoms with E-state index in [0.717, 1.165) is 19.0 Å². The van der Waals surface area contributed by atoms with Crippen molar-refractivity contribution in [1.82, 2.24) is 10.2 Å². The molecule has 2 rings (SSSR count). The standard InChI is InChI=1S/C17H27BrN2/c1-14(13-15-6-8-16(18)9-7-15)20-12-4-3-5-17(20)10-11-19-2/h6-9,14,17,19H,3-5,10-13H2,1-2H3. The fourth-order valence-corrected chi connectivity index (χ4v) is 3.57. The first kappa shape index (κ1) is 16.0. The Morgan fingerprint density at radius 3 is 2.75 bits per heavy atom. The molecule has 1 N–H and O–H groups in total. The molecule has 0 radical (unpaired) electrons. The summed E-state index contributed by atoms with van der Waals surface area (Å²) in [5.41, 5.74) is 1.44. The highest BCUT2D eigenvalue weighted by molar-refractivity contribution is 9.10. The maximum absolute atomic E-state index is 3.51. The molecule has 1 fully saturated rings. The molecule has 0 aliphatic carbocycles. The van der Waals surface area contributed by atoms with Gasteiger partial charge in [-0.1, -0.05) is 34.5 Å². The van der Waals surface area contributed by atoms with Gasteiger partial charge in [-0.05, 0) is 70.4 Å². The quantitative estimate of drug-likeness (QED) is 0.847. The topological polar surface area (TPSA) is 15.3 Å². The van der Waals surface area contributed by atoms with Crippen LogP contribution in [0.3, 0.4) is 0 Å². The van der Waals surface area contributed by atoms with E-state index in [9.17, 15) is 0 Å². The second-order valence-electron chi connectivity index (χ2n) is 5.96. The third-order valence-electron chi connectivity index (χ3n) is 4.41. The second kappa shape index (κ2) is 8.16. The van der Waals surface area contributed by atoms with E-state index in [2.05, 4.69) is 64.4 Å². The van der Waals surface area contributed by atoms with E-state index in [1.165, 1.54) is 42.3 Å². The van der Waals surface area contributed by atoms with Crippen LogP contribution >= 0.6 is 15.9 Å². The SMILES string of the molecule is CNCCC1CCCCN1C(C)Cc1ccc(Br)cc1. The van der Waals surface area contributed by atoms with Gasteiger partial charge in [0.1, 0.15) is 0 Å². The Hall–Kier alpha value is -0.380. The molecule has 1 saturated heterocycles. The Balaban J connectivity index is 1.94. The first-order valence-electron chi connectivity index (χ1n) is 7.85. The van der Waals surface area contributed by atoms with Crippen LogP contribution in [0.2, 0.25) is 0 Å². The van der Waals surface area contributed by atoms with Gasteiger partial charge in [0.2, 0.25) is 0 Å². The molecule has 0 amide bonds. The third-order valence-corrected chi connectivity index (χ3v) is 4.94. The molecule has 0 aromatic heterocycles. The van der Waals surface area contributed by atoms with Crippen LogP contribution in [0.4, 0.5) is 0 Å². The summed E-state index contributed by atoms with van der Waals surface area (Å²) in [5.74, 6) is 0. The predicted octanol–water partition coefficient (Wildman–Crippen LogP) is 3.84. The molecule has 0 bridgehead atoms. The third kappa shape index (κ3) is 4.57. The molecule has 1 aromatic carbocycles. The minimum Gasteiger partial charge on any atom is -0.320 e. The largest absolute Gasteiger partial charge is 0.320 e. The predicted molar refractivity (Wildman–Crippen MR) is 90.2 cm³/mol. The molecule has 20 heavy (non-hydrogen) atoms. The lowest BCUT2D eigenvalue weighted by molar-refractivity contribution is 0.0971. The molecular weight excluding hydrogens is 312 g/mol. The van der Waals surface area contributed by atoms with Crippen LogP contribution < -0.4 is 5.32 Å². The van der Waals surface area contributed by atoms with E-state index in [0.29, 0.717) is 6.04 Å². The summed E-state index contributed by atoms with van der Waals surface area (Å²) in [6, 6.07) is 10.2. The maximum atomic E-state index is 3.51. The molecule has 2 unspecified atom stereocenters. The van der Waals surface area contributed by atoms with Gasteiger partial charge in [0, 0.05) is 16.6 Å². The molecule has 1 heterocycles. The summed E-state index contributed by atoms with van der Waals surface area (Å²) in [4.78, 5) is 2.74. The number of rotatable bonds is 6. The van der Waals surface area contributed by atoms with Gasteiger partial charge in [-0.3, -0.25) is 4.90 Å². The van der Waals surface area contributed by atoms with Crippen molar-refractivity contribution >= 4 is 15.9 Å². The molecule has 2 nitrogen and oxygen atoms in total. The highest BCUT2D eigenvalue weighted by Crippen LogP contribution is 2.23. The Morgan fingerprint density at radius 1 is 1.30 bits per heavy atom. The van der Waals surface area contributed by atoms with Gasteiger partial charge in [-0.2, -0.15) is 0 Å². The maximum Gasteiger partial charge on any atom is 0.0175 e. The first-order valence-corrected chi connectivity index (χ1v) is 8.65. The number of likely N-dealkylation sites (tertiary alicyclic amines) is 1. The zero-order valence-electron chi connectivity index (χ0n) is 12.7. The van der Waals surface area contributed by atoms with Crippen molar-refractivity contribution in [2.45, 2.75) is 51.1 Å². The number of benzene rings is 1. The highest BCUT2D eigenvalue weighted by Gasteiger charge is 2.25. The van der Waals surface area contributed by atoms with Crippen LogP contribution in [0.1, 0.15) is 38.2 Å². The molecule has 3 heteroatoms. The van der Waals surface area contributed by atoms with E-state index in [-0.39, 0.29) is 0 Å². The van der Waals surface area contributed by atoms with Gasteiger partial charge >= 0.3 is 0 Å². The summed E-state index contributed by atoms with van der Waals surface area (Å²) in [6.45, 7) is 4.79. The number of halogens is 1. The van der Waals surface area contributed by atoms with Crippen molar-refractivity contribution in [3.8, 4) is 0 Å². The summed E-state index contributed by atoms with van der Waals surface area (Å²) in [5, 5.41) is 3.30. The lowest BCUT2D eigenvalue weighted by atomic mass is 9.95. The lowest BCUT2D eigenvalue weighted by Gasteiger charge is -2.40. The number of hydrogen-bond donors (Lipinski definition) is 1. The Morgan fingerprint density at radius 2 is 2.05 bits per heavy atom. The summed E-state index contributed by atoms with van der Waals surface area (Å²) in [7, 11) is 2.05. The van der Waals surface area contributed by atoms with Crippen LogP contribution in [0.25, 0.3) is 0 Å². The van der Waals surface area contributed by atoms with Gasteiger partial charge in [0.05, 0.1) is 0 Å². The first-order chi connectivity index (χ1) is 9.70. The number of nitrogens with zero attached hydrogens (tertiary/aromatic N) is 1. The van der Waals surface area contributed by atoms with Gasteiger partial charge in [-0.25, -0.2) is 0 Å². The molecule has 112 valence electrons. The van der Waals surface area contributed by atoms with Crippen LogP contribution in [-0.4, -0.2) is 37.1 Å². The van der Waals surface area contributed by atoms with E-state index < -0.39 is 0 Å². The normalized spacial score (nSPS) is 21.9. The molecular formula is C17H27BrN2. The van der Waals surface area contributed by atoms with E-state index in [1.807, 2.05) is 0 Å². The highest BCUT2D eigenvalue weighted by atomic mass is 79.9. The van der Waals surface area contributed by atoms with Gasteiger partial charge in [0.15, 0.2) is 0 Å². The number of nitrogens with one attached hydrogen (secondary N) is 1. The van der Waals surface area contributed by atoms with Crippen LogP contribution in [0.5, 0.6) is 0 Å². The lowest BCUT2D eigenvalue weighted by Crippen LogP contribution is -2.46. The summed E-state index contributed by atoms with van der Waals surface area (Å²) < 4.78 is 1.17. The smallest absolute Gasteiger partial charge is 0.0175 e. The number of piperidine rings is 1. The van der Waals surface area contributed by atoms with E-state index in [1.54, 1.807) is 0 Å². The molecule has 2 atom stereocenters. The zero-order valence-corrected chi connectivity index (χ0v) is 14.3. The van der Waals surface area contributed by atoms with Crippen molar-refractivity contribution in [3.05, 3.63) is 34.3 Å². The van der Waals surface area contributed by atoms with Crippen LogP contribution in [-0.2, 0) is 6.42 Å². The van der Waals surface area contributed by atoms with E-state index in [4.69, 9.17) is 0 Å². The summed E-state index contributed by atoms with van der Waals surface area (Å²) in [6.07, 6.45) is 6.56. The molecule has 0 saturated carbocycles. The van der Waals surface area contributed by atoms with Crippen molar-refractivity contribution in [3.63, 3.8) is 0 Å². The Labute approximate surface area is 132 Å². The van der Waals surface area contributed by atoms with Crippen molar-refractivity contribution in [2.75, 3.05) is 20.1 Å². The number of hydrogen-bond acceptors (Lipinski definition) is 2. The van der Waals surface area contributed by atoms with Crippen molar-refractivity contribution in [2.24, 2.45) is 0 Å². The van der Waals surface area contributed by atoms with Crippen molar-refractivity contribution < 1.29 is 0 Å². The van der Waals surface area contributed by atoms with Crippen LogP contribution in [0, 0.1) is 0 Å². The van der Waals surface area contributed by atoms with Crippen molar-refractivity contribution in [1.29, 1.82) is 0 Å². The Bertz CT molecular complexity index is 390. The molecule has 1 aliphatic rings. The summed E-state index contributed by atoms with van der Waals surface area (Å²) >= 11 is 3.51. The fourth-order valence-electron chi connectivity index (χ4n) is 3.30. The second-order valence-corrected chi connectivity index (χ2v) is 6.87. The monoisotopic (exact) mass is 338 g/mol. The average Bonchev–Trinajstić information content (AvgIpc) is 2.47. The van der Waals surface area contributed by atoms with Crippen LogP contribution in [0.15, 0.2) is 28.7 Å². The fraction of sp³-hybridized carbons (Fsp3) is 0.647. The van der Waals surface area contributed by atoms with Gasteiger partial charge in [0.25, 0.3) is 0 Å². The molecule has 1 aromatic rings. The van der Waals surface area contributed by atoms with E-state index >= 15 is 0 Å². The molecule has 1 aliphatic heterocycles. The minimum absolute atomic E-state index is 0.637. The zero-order chi connectivity index (χ0) is 14.4. The van der Waals surface area contributed by atoms with Gasteiger partial charge in [-0.15, -0.1) is 0 Å². The molecule has 0 spiro atoms.